The van der Waals surface area contributed by atoms with Gasteiger partial charge in [0.05, 0.1) is 24.5 Å². The van der Waals surface area contributed by atoms with Crippen LogP contribution in [0.4, 0.5) is 4.79 Å². The number of hydrogen-bond acceptors (Lipinski definition) is 4. The number of benzene rings is 2. The van der Waals surface area contributed by atoms with Crippen LogP contribution in [0.1, 0.15) is 34.2 Å². The summed E-state index contributed by atoms with van der Waals surface area (Å²) in [7, 11) is 0. The number of carbonyl (C=O) groups is 2. The Labute approximate surface area is 191 Å². The molecule has 8 heteroatoms. The van der Waals surface area contributed by atoms with E-state index in [9.17, 15) is 9.59 Å². The van der Waals surface area contributed by atoms with Gasteiger partial charge in [-0.25, -0.2) is 14.3 Å². The lowest BCUT2D eigenvalue weighted by Gasteiger charge is -2.28. The smallest absolute Gasteiger partial charge is 0.359 e. The highest BCUT2D eigenvalue weighted by atomic mass is 35.5. The number of esters is 1. The van der Waals surface area contributed by atoms with Crippen LogP contribution in [0.3, 0.4) is 0 Å². The highest BCUT2D eigenvalue weighted by Crippen LogP contribution is 2.26. The summed E-state index contributed by atoms with van der Waals surface area (Å²) in [6, 6.07) is 17.1. The summed E-state index contributed by atoms with van der Waals surface area (Å²) < 4.78 is 6.97. The molecule has 32 heavy (non-hydrogen) atoms. The highest BCUT2D eigenvalue weighted by Gasteiger charge is 2.31. The summed E-state index contributed by atoms with van der Waals surface area (Å²) in [6.45, 7) is 3.39. The van der Waals surface area contributed by atoms with Gasteiger partial charge >= 0.3 is 12.0 Å². The second kappa shape index (κ2) is 9.87. The Balaban J connectivity index is 1.52. The molecule has 0 fully saturated rings. The number of aromatic nitrogens is 2. The maximum atomic E-state index is 12.8. The monoisotopic (exact) mass is 452 g/mol. The lowest BCUT2D eigenvalue weighted by atomic mass is 10.0. The first kappa shape index (κ1) is 21.9. The number of nitrogens with one attached hydrogen (secondary N) is 1. The van der Waals surface area contributed by atoms with Gasteiger partial charge in [0, 0.05) is 30.1 Å². The fourth-order valence-electron chi connectivity index (χ4n) is 3.82. The molecule has 0 spiro atoms. The fraction of sp³-hybridized carbons (Fsp3) is 0.292. The van der Waals surface area contributed by atoms with E-state index in [0.717, 1.165) is 23.4 Å². The summed E-state index contributed by atoms with van der Waals surface area (Å²) >= 11 is 6.02. The molecular formula is C24H25ClN4O3. The average Bonchev–Trinajstić information content (AvgIpc) is 3.19. The van der Waals surface area contributed by atoms with Crippen molar-refractivity contribution in [3.63, 3.8) is 0 Å². The molecule has 7 nitrogen and oxygen atoms in total. The van der Waals surface area contributed by atoms with Crippen LogP contribution < -0.4 is 5.32 Å². The molecule has 0 atom stereocenters. The van der Waals surface area contributed by atoms with E-state index < -0.39 is 5.97 Å². The largest absolute Gasteiger partial charge is 0.461 e. The van der Waals surface area contributed by atoms with Crippen LogP contribution in [-0.4, -0.2) is 46.4 Å². The molecule has 0 bridgehead atoms. The van der Waals surface area contributed by atoms with E-state index in [0.29, 0.717) is 31.1 Å². The number of ether oxygens (including phenoxy) is 1. The lowest BCUT2D eigenvalue weighted by Crippen LogP contribution is -2.43. The van der Waals surface area contributed by atoms with Crippen molar-refractivity contribution in [3.8, 4) is 5.69 Å². The van der Waals surface area contributed by atoms with Gasteiger partial charge in [0.2, 0.25) is 0 Å². The van der Waals surface area contributed by atoms with Gasteiger partial charge in [-0.3, -0.25) is 0 Å². The van der Waals surface area contributed by atoms with Crippen molar-refractivity contribution < 1.29 is 14.3 Å². The molecule has 4 rings (SSSR count). The topological polar surface area (TPSA) is 76.5 Å². The zero-order valence-electron chi connectivity index (χ0n) is 17.9. The van der Waals surface area contributed by atoms with E-state index in [4.69, 9.17) is 16.3 Å². The molecule has 0 saturated carbocycles. The van der Waals surface area contributed by atoms with E-state index >= 15 is 0 Å². The molecule has 0 radical (unpaired) electrons. The first-order chi connectivity index (χ1) is 15.6. The highest BCUT2D eigenvalue weighted by molar-refractivity contribution is 6.30. The van der Waals surface area contributed by atoms with Gasteiger partial charge in [0.15, 0.2) is 5.69 Å². The first-order valence-corrected chi connectivity index (χ1v) is 11.0. The number of halogens is 1. The third kappa shape index (κ3) is 4.78. The number of fused-ring (bicyclic) bond motifs is 1. The number of urea groups is 1. The van der Waals surface area contributed by atoms with Gasteiger partial charge in [-0.05, 0) is 43.2 Å². The second-order valence-electron chi connectivity index (χ2n) is 7.52. The third-order valence-electron chi connectivity index (χ3n) is 5.42. The molecule has 1 aliphatic heterocycles. The first-order valence-electron chi connectivity index (χ1n) is 10.7. The Morgan fingerprint density at radius 3 is 2.59 bits per heavy atom. The second-order valence-corrected chi connectivity index (χ2v) is 7.96. The summed E-state index contributed by atoms with van der Waals surface area (Å²) in [4.78, 5) is 27.1. The molecule has 0 saturated heterocycles. The summed E-state index contributed by atoms with van der Waals surface area (Å²) in [5, 5.41) is 8.15. The van der Waals surface area contributed by atoms with Crippen LogP contribution in [0, 0.1) is 0 Å². The molecule has 2 heterocycles. The van der Waals surface area contributed by atoms with Gasteiger partial charge in [-0.2, -0.15) is 5.10 Å². The molecule has 2 aromatic carbocycles. The summed E-state index contributed by atoms with van der Waals surface area (Å²) in [5.41, 5.74) is 3.86. The number of hydrogen-bond donors (Lipinski definition) is 1. The molecule has 0 aliphatic carbocycles. The summed E-state index contributed by atoms with van der Waals surface area (Å²) in [5.74, 6) is -0.484. The molecule has 166 valence electrons. The Morgan fingerprint density at radius 1 is 1.12 bits per heavy atom. The van der Waals surface area contributed by atoms with E-state index in [-0.39, 0.29) is 18.3 Å². The minimum Gasteiger partial charge on any atom is -0.461 e. The maximum Gasteiger partial charge on any atom is 0.359 e. The van der Waals surface area contributed by atoms with Gasteiger partial charge in [0.1, 0.15) is 0 Å². The zero-order valence-corrected chi connectivity index (χ0v) is 18.6. The molecular weight excluding hydrogens is 428 g/mol. The van der Waals surface area contributed by atoms with E-state index in [1.165, 1.54) is 5.56 Å². The Bertz CT molecular complexity index is 1100. The lowest BCUT2D eigenvalue weighted by molar-refractivity contribution is 0.0516. The fourth-order valence-corrected chi connectivity index (χ4v) is 3.95. The predicted octanol–water partition coefficient (Wildman–Crippen LogP) is 4.01. The van der Waals surface area contributed by atoms with Crippen molar-refractivity contribution in [1.82, 2.24) is 20.0 Å². The van der Waals surface area contributed by atoms with Crippen molar-refractivity contribution in [2.75, 3.05) is 19.7 Å². The maximum absolute atomic E-state index is 12.8. The van der Waals surface area contributed by atoms with Crippen molar-refractivity contribution in [2.24, 2.45) is 0 Å². The van der Waals surface area contributed by atoms with Crippen LogP contribution in [0.2, 0.25) is 5.02 Å². The summed E-state index contributed by atoms with van der Waals surface area (Å²) in [6.07, 6.45) is 1.34. The zero-order chi connectivity index (χ0) is 22.5. The van der Waals surface area contributed by atoms with Crippen molar-refractivity contribution >= 4 is 23.6 Å². The van der Waals surface area contributed by atoms with Gasteiger partial charge in [0.25, 0.3) is 0 Å². The molecule has 2 amide bonds. The van der Waals surface area contributed by atoms with E-state index in [1.54, 1.807) is 28.6 Å². The van der Waals surface area contributed by atoms with Crippen molar-refractivity contribution in [3.05, 3.63) is 82.1 Å². The van der Waals surface area contributed by atoms with Crippen molar-refractivity contribution in [2.45, 2.75) is 26.3 Å². The Hall–Kier alpha value is -3.32. The molecule has 1 aromatic heterocycles. The number of rotatable bonds is 6. The van der Waals surface area contributed by atoms with E-state index in [1.807, 2.05) is 42.5 Å². The Kier molecular flexibility index (Phi) is 6.75. The predicted molar refractivity (Wildman–Crippen MR) is 122 cm³/mol. The minimum atomic E-state index is -0.484. The standard InChI is InChI=1S/C24H25ClN4O3/c1-2-32-23(30)22-20-16-28(24(31)26-14-12-17-6-4-3-5-7-17)15-13-21(20)29(27-22)19-10-8-18(25)9-11-19/h3-11H,2,12-16H2,1H3,(H,26,31). The quantitative estimate of drug-likeness (QED) is 0.573. The van der Waals surface area contributed by atoms with Crippen LogP contribution in [0.5, 0.6) is 0 Å². The minimum absolute atomic E-state index is 0.152. The number of carbonyl (C=O) groups excluding carboxylic acids is 2. The van der Waals surface area contributed by atoms with Crippen LogP contribution in [0.15, 0.2) is 54.6 Å². The Morgan fingerprint density at radius 2 is 1.88 bits per heavy atom. The molecule has 3 aromatic rings. The molecule has 1 aliphatic rings. The van der Waals surface area contributed by atoms with Crippen LogP contribution >= 0.6 is 11.6 Å². The van der Waals surface area contributed by atoms with Crippen molar-refractivity contribution in [1.29, 1.82) is 0 Å². The SMILES string of the molecule is CCOC(=O)c1nn(-c2ccc(Cl)cc2)c2c1CN(C(=O)NCCc1ccccc1)CC2. The normalized spacial score (nSPS) is 12.9. The van der Waals surface area contributed by atoms with E-state index in [2.05, 4.69) is 10.4 Å². The molecule has 0 unspecified atom stereocenters. The van der Waals surface area contributed by atoms with Gasteiger partial charge < -0.3 is 15.0 Å². The average molecular weight is 453 g/mol. The van der Waals surface area contributed by atoms with Gasteiger partial charge in [-0.1, -0.05) is 41.9 Å². The molecule has 1 N–H and O–H groups in total. The number of nitrogens with zero attached hydrogens (tertiary/aromatic N) is 3. The third-order valence-corrected chi connectivity index (χ3v) is 5.67. The number of amides is 2. The van der Waals surface area contributed by atoms with Crippen LogP contribution in [-0.2, 0) is 24.1 Å². The van der Waals surface area contributed by atoms with Crippen LogP contribution in [0.25, 0.3) is 5.69 Å². The van der Waals surface area contributed by atoms with Gasteiger partial charge in [-0.15, -0.1) is 0 Å².